The van der Waals surface area contributed by atoms with Crippen molar-refractivity contribution in [3.05, 3.63) is 169 Å². The second-order valence-corrected chi connectivity index (χ2v) is 14.4. The Labute approximate surface area is 285 Å². The van der Waals surface area contributed by atoms with Crippen LogP contribution in [0.1, 0.15) is 25.0 Å². The molecule has 0 bridgehead atoms. The zero-order valence-corrected chi connectivity index (χ0v) is 27.5. The molecule has 0 amide bonds. The van der Waals surface area contributed by atoms with Crippen LogP contribution >= 0.6 is 0 Å². The van der Waals surface area contributed by atoms with Crippen molar-refractivity contribution < 1.29 is 0 Å². The average molecular weight is 621 g/mol. The normalized spacial score (nSPS) is 13.7. The summed E-state index contributed by atoms with van der Waals surface area (Å²) >= 11 is 0. The van der Waals surface area contributed by atoms with Gasteiger partial charge in [-0.2, -0.15) is 0 Å². The van der Waals surface area contributed by atoms with E-state index in [0.717, 1.165) is 0 Å². The molecule has 2 aliphatic carbocycles. The SMILES string of the molecule is CC1(C)c2ccccc2-c2ccc(-c3c4c(c(-c5c6ccccc6cc6ccccc56)c5ccccc35)-c3cccc5cccc-4c35)cc21. The Hall–Kier alpha value is -5.98. The number of hydrogen-bond donors (Lipinski definition) is 0. The Bertz CT molecular complexity index is 2840. The first-order valence-corrected chi connectivity index (χ1v) is 17.4. The molecule has 0 aliphatic heterocycles. The summed E-state index contributed by atoms with van der Waals surface area (Å²) in [6.45, 7) is 4.77. The summed E-state index contributed by atoms with van der Waals surface area (Å²) < 4.78 is 0. The van der Waals surface area contributed by atoms with Crippen LogP contribution in [0.3, 0.4) is 0 Å². The van der Waals surface area contributed by atoms with E-state index < -0.39 is 0 Å². The largest absolute Gasteiger partial charge is 0.0619 e. The summed E-state index contributed by atoms with van der Waals surface area (Å²) in [6.07, 6.45) is 0. The zero-order chi connectivity index (χ0) is 32.4. The highest BCUT2D eigenvalue weighted by Crippen LogP contribution is 2.59. The fourth-order valence-corrected chi connectivity index (χ4v) is 9.44. The molecule has 0 saturated heterocycles. The van der Waals surface area contributed by atoms with Gasteiger partial charge >= 0.3 is 0 Å². The van der Waals surface area contributed by atoms with Crippen LogP contribution in [0, 0.1) is 0 Å². The van der Waals surface area contributed by atoms with Gasteiger partial charge in [0.25, 0.3) is 0 Å². The number of fused-ring (bicyclic) bond motifs is 9. The lowest BCUT2D eigenvalue weighted by Crippen LogP contribution is -2.14. The molecule has 228 valence electrons. The van der Waals surface area contributed by atoms with Gasteiger partial charge in [0, 0.05) is 5.41 Å². The molecule has 0 heterocycles. The van der Waals surface area contributed by atoms with E-state index in [2.05, 4.69) is 172 Å². The molecule has 0 fully saturated rings. The molecular weight excluding hydrogens is 589 g/mol. The minimum atomic E-state index is -0.0777. The van der Waals surface area contributed by atoms with Gasteiger partial charge in [-0.1, -0.05) is 159 Å². The molecule has 49 heavy (non-hydrogen) atoms. The van der Waals surface area contributed by atoms with Gasteiger partial charge in [-0.25, -0.2) is 0 Å². The fraction of sp³-hybridized carbons (Fsp3) is 0.0612. The summed E-state index contributed by atoms with van der Waals surface area (Å²) in [7, 11) is 0. The molecule has 0 nitrogen and oxygen atoms in total. The molecule has 0 atom stereocenters. The minimum Gasteiger partial charge on any atom is -0.0619 e. The van der Waals surface area contributed by atoms with Crippen molar-refractivity contribution in [1.82, 2.24) is 0 Å². The Morgan fingerprint density at radius 2 is 0.837 bits per heavy atom. The van der Waals surface area contributed by atoms with E-state index in [9.17, 15) is 0 Å². The molecule has 2 aliphatic rings. The van der Waals surface area contributed by atoms with Crippen LogP contribution in [0.25, 0.3) is 98.7 Å². The van der Waals surface area contributed by atoms with E-state index in [-0.39, 0.29) is 5.41 Å². The number of hydrogen-bond acceptors (Lipinski definition) is 0. The van der Waals surface area contributed by atoms with E-state index >= 15 is 0 Å². The van der Waals surface area contributed by atoms with Gasteiger partial charge in [-0.3, -0.25) is 0 Å². The first kappa shape index (κ1) is 27.0. The summed E-state index contributed by atoms with van der Waals surface area (Å²) in [5.74, 6) is 0. The molecule has 0 unspecified atom stereocenters. The molecule has 9 aromatic rings. The van der Waals surface area contributed by atoms with Gasteiger partial charge in [-0.15, -0.1) is 0 Å². The highest BCUT2D eigenvalue weighted by molar-refractivity contribution is 6.30. The topological polar surface area (TPSA) is 0 Å². The quantitative estimate of drug-likeness (QED) is 0.169. The average Bonchev–Trinajstić information content (AvgIpc) is 3.59. The lowest BCUT2D eigenvalue weighted by Gasteiger charge is -2.24. The Balaban J connectivity index is 1.34. The molecule has 0 saturated carbocycles. The van der Waals surface area contributed by atoms with E-state index in [4.69, 9.17) is 0 Å². The first-order valence-electron chi connectivity index (χ1n) is 17.4. The van der Waals surface area contributed by atoms with Crippen molar-refractivity contribution in [3.8, 4) is 55.6 Å². The Kier molecular flexibility index (Phi) is 5.27. The third-order valence-corrected chi connectivity index (χ3v) is 11.6. The van der Waals surface area contributed by atoms with Gasteiger partial charge < -0.3 is 0 Å². The van der Waals surface area contributed by atoms with Crippen LogP contribution in [0.15, 0.2) is 158 Å². The van der Waals surface area contributed by atoms with Gasteiger partial charge in [0.15, 0.2) is 0 Å². The van der Waals surface area contributed by atoms with Crippen molar-refractivity contribution in [1.29, 1.82) is 0 Å². The maximum atomic E-state index is 2.51. The minimum absolute atomic E-state index is 0.0777. The fourth-order valence-electron chi connectivity index (χ4n) is 9.44. The lowest BCUT2D eigenvalue weighted by atomic mass is 9.78. The summed E-state index contributed by atoms with van der Waals surface area (Å²) in [5, 5.41) is 10.4. The smallest absolute Gasteiger partial charge is 0.0159 e. The lowest BCUT2D eigenvalue weighted by molar-refractivity contribution is 0.660. The summed E-state index contributed by atoms with van der Waals surface area (Å²) in [4.78, 5) is 0. The summed E-state index contributed by atoms with van der Waals surface area (Å²) in [6, 6.07) is 59.4. The molecular formula is C49H32. The van der Waals surface area contributed by atoms with E-state index in [1.165, 1.54) is 110 Å². The third-order valence-electron chi connectivity index (χ3n) is 11.6. The molecule has 0 N–H and O–H groups in total. The van der Waals surface area contributed by atoms with Crippen LogP contribution in [0.5, 0.6) is 0 Å². The highest BCUT2D eigenvalue weighted by Gasteiger charge is 2.37. The van der Waals surface area contributed by atoms with Crippen molar-refractivity contribution in [3.63, 3.8) is 0 Å². The molecule has 9 aromatic carbocycles. The van der Waals surface area contributed by atoms with E-state index in [0.29, 0.717) is 0 Å². The van der Waals surface area contributed by atoms with Gasteiger partial charge in [0.1, 0.15) is 0 Å². The maximum absolute atomic E-state index is 2.51. The monoisotopic (exact) mass is 620 g/mol. The summed E-state index contributed by atoms with van der Waals surface area (Å²) in [5.41, 5.74) is 16.1. The van der Waals surface area contributed by atoms with Crippen LogP contribution in [-0.4, -0.2) is 0 Å². The number of benzene rings is 9. The molecule has 0 heteroatoms. The predicted molar refractivity (Wildman–Crippen MR) is 209 cm³/mol. The van der Waals surface area contributed by atoms with Crippen LogP contribution in [-0.2, 0) is 5.41 Å². The van der Waals surface area contributed by atoms with E-state index in [1.54, 1.807) is 0 Å². The third kappa shape index (κ3) is 3.48. The predicted octanol–water partition coefficient (Wildman–Crippen LogP) is 13.6. The maximum Gasteiger partial charge on any atom is 0.0159 e. The van der Waals surface area contributed by atoms with Gasteiger partial charge in [-0.05, 0) is 122 Å². The zero-order valence-electron chi connectivity index (χ0n) is 27.5. The Morgan fingerprint density at radius 1 is 0.327 bits per heavy atom. The van der Waals surface area contributed by atoms with Crippen LogP contribution in [0.2, 0.25) is 0 Å². The first-order chi connectivity index (χ1) is 24.1. The van der Waals surface area contributed by atoms with Crippen molar-refractivity contribution in [2.24, 2.45) is 0 Å². The highest BCUT2D eigenvalue weighted by atomic mass is 14.4. The van der Waals surface area contributed by atoms with Crippen molar-refractivity contribution in [2.75, 3.05) is 0 Å². The molecule has 11 rings (SSSR count). The Morgan fingerprint density at radius 3 is 1.53 bits per heavy atom. The van der Waals surface area contributed by atoms with E-state index in [1.807, 2.05) is 0 Å². The molecule has 0 spiro atoms. The van der Waals surface area contributed by atoms with Crippen molar-refractivity contribution in [2.45, 2.75) is 19.3 Å². The molecule has 0 radical (unpaired) electrons. The van der Waals surface area contributed by atoms with Crippen LogP contribution in [0.4, 0.5) is 0 Å². The standard InChI is InChI=1S/C49H32/c1-49(2)41-24-10-9-19-35(41)36-26-25-32(28-42(36)49)44-37-20-7-8-21-38(37)46(48-40-23-12-16-29-15-11-22-39(43(29)40)47(44)48)45-33-17-5-3-13-30(33)27-31-14-4-6-18-34(31)45/h3-28H,1-2H3. The van der Waals surface area contributed by atoms with Gasteiger partial charge in [0.05, 0.1) is 0 Å². The number of rotatable bonds is 2. The second-order valence-electron chi connectivity index (χ2n) is 14.4. The second kappa shape index (κ2) is 9.56. The van der Waals surface area contributed by atoms with Gasteiger partial charge in [0.2, 0.25) is 0 Å². The van der Waals surface area contributed by atoms with Crippen molar-refractivity contribution >= 4 is 43.1 Å². The van der Waals surface area contributed by atoms with Crippen LogP contribution < -0.4 is 0 Å². The molecule has 0 aromatic heterocycles.